The molecule has 0 aliphatic carbocycles. The Hall–Kier alpha value is -1.11. The van der Waals surface area contributed by atoms with Crippen LogP contribution in [0.3, 0.4) is 0 Å². The molecule has 4 heteroatoms. The third-order valence-electron chi connectivity index (χ3n) is 3.51. The van der Waals surface area contributed by atoms with Gasteiger partial charge in [0.15, 0.2) is 6.10 Å². The van der Waals surface area contributed by atoms with Gasteiger partial charge in [-0.05, 0) is 40.3 Å². The predicted octanol–water partition coefficient (Wildman–Crippen LogP) is 3.40. The summed E-state index contributed by atoms with van der Waals surface area (Å²) < 4.78 is 13.3. The van der Waals surface area contributed by atoms with Crippen molar-refractivity contribution in [3.63, 3.8) is 0 Å². The number of nitrogens with one attached hydrogen (secondary N) is 1. The second kappa shape index (κ2) is 7.24. The molecule has 0 unspecified atom stereocenters. The summed E-state index contributed by atoms with van der Waals surface area (Å²) in [6, 6.07) is 18.4. The third kappa shape index (κ3) is 3.75. The van der Waals surface area contributed by atoms with E-state index in [1.165, 1.54) is 0 Å². The molecule has 0 radical (unpaired) electrons. The zero-order valence-corrected chi connectivity index (χ0v) is 13.8. The van der Waals surface area contributed by atoms with Crippen LogP contribution in [-0.2, 0) is 4.74 Å². The quantitative estimate of drug-likeness (QED) is 0.811. The van der Waals surface area contributed by atoms with Crippen LogP contribution in [0.4, 0.5) is 0 Å². The van der Waals surface area contributed by atoms with Gasteiger partial charge in [-0.2, -0.15) is 0 Å². The van der Waals surface area contributed by atoms with E-state index in [1.54, 1.807) is 0 Å². The molecule has 3 rings (SSSR count). The van der Waals surface area contributed by atoms with E-state index in [9.17, 15) is 0 Å². The lowest BCUT2D eigenvalue weighted by molar-refractivity contribution is -0.0435. The SMILES string of the molecule is [123I]c1ccccc1O[C@H](c1ccccc1)[C@H]1CNCCO1. The standard InChI is InChI=1S/C17H18INO2/c18-14-8-4-5-9-15(14)21-17(13-6-2-1-3-7-13)16-12-19-10-11-20-16/h1-9,16-17,19H,10-12H2/t16-,17-/m1/s1/i18-4. The molecule has 1 N–H and O–H groups in total. The van der Waals surface area contributed by atoms with Gasteiger partial charge in [0.05, 0.1) is 10.2 Å². The summed E-state index contributed by atoms with van der Waals surface area (Å²) >= 11 is 2.30. The molecule has 0 saturated carbocycles. The minimum Gasteiger partial charge on any atom is -0.482 e. The number of hydrogen-bond acceptors (Lipinski definition) is 3. The lowest BCUT2D eigenvalue weighted by atomic mass is 10.0. The van der Waals surface area contributed by atoms with Crippen molar-refractivity contribution in [3.8, 4) is 5.75 Å². The fourth-order valence-corrected chi connectivity index (χ4v) is 2.97. The van der Waals surface area contributed by atoms with Gasteiger partial charge in [0.1, 0.15) is 11.9 Å². The Kier molecular flexibility index (Phi) is 5.11. The first kappa shape index (κ1) is 14.8. The summed E-state index contributed by atoms with van der Waals surface area (Å²) in [6.07, 6.45) is -0.0768. The van der Waals surface area contributed by atoms with Gasteiger partial charge in [0, 0.05) is 13.1 Å². The summed E-state index contributed by atoms with van der Waals surface area (Å²) in [5.74, 6) is 0.904. The largest absolute Gasteiger partial charge is 0.482 e. The maximum atomic E-state index is 6.30. The van der Waals surface area contributed by atoms with Crippen molar-refractivity contribution in [2.24, 2.45) is 0 Å². The molecule has 2 aromatic carbocycles. The third-order valence-corrected chi connectivity index (χ3v) is 4.40. The van der Waals surface area contributed by atoms with Crippen LogP contribution in [0, 0.1) is 3.57 Å². The van der Waals surface area contributed by atoms with E-state index in [2.05, 4.69) is 46.1 Å². The summed E-state index contributed by atoms with van der Waals surface area (Å²) in [5, 5.41) is 3.38. The van der Waals surface area contributed by atoms with E-state index in [-0.39, 0.29) is 12.2 Å². The van der Waals surface area contributed by atoms with Crippen LogP contribution in [0.15, 0.2) is 54.6 Å². The minimum absolute atomic E-state index is 0.0251. The van der Waals surface area contributed by atoms with Crippen LogP contribution in [-0.4, -0.2) is 25.8 Å². The molecule has 1 heterocycles. The Bertz CT molecular complexity index is 570. The van der Waals surface area contributed by atoms with Crippen molar-refractivity contribution in [2.45, 2.75) is 12.2 Å². The molecule has 3 nitrogen and oxygen atoms in total. The number of rotatable bonds is 4. The Balaban J connectivity index is 1.87. The molecule has 0 spiro atoms. The second-order valence-corrected chi connectivity index (χ2v) is 6.16. The van der Waals surface area contributed by atoms with Crippen LogP contribution >= 0.6 is 22.6 Å². The van der Waals surface area contributed by atoms with E-state index >= 15 is 0 Å². The summed E-state index contributed by atoms with van der Waals surface area (Å²) in [6.45, 7) is 2.44. The molecular formula is C17H18INO2. The summed E-state index contributed by atoms with van der Waals surface area (Å²) in [4.78, 5) is 0. The topological polar surface area (TPSA) is 30.5 Å². The van der Waals surface area contributed by atoms with E-state index in [4.69, 9.17) is 9.47 Å². The van der Waals surface area contributed by atoms with Crippen LogP contribution in [0.25, 0.3) is 0 Å². The Morgan fingerprint density at radius 1 is 1.10 bits per heavy atom. The van der Waals surface area contributed by atoms with Crippen molar-refractivity contribution in [1.29, 1.82) is 0 Å². The highest BCUT2D eigenvalue weighted by atomic mass is 123. The molecule has 1 fully saturated rings. The van der Waals surface area contributed by atoms with Crippen molar-refractivity contribution >= 4 is 22.6 Å². The molecule has 1 aliphatic heterocycles. The van der Waals surface area contributed by atoms with Crippen molar-refractivity contribution in [1.82, 2.24) is 5.32 Å². The van der Waals surface area contributed by atoms with Gasteiger partial charge < -0.3 is 14.8 Å². The molecule has 1 saturated heterocycles. The number of ether oxygens (including phenoxy) is 2. The first-order chi connectivity index (χ1) is 10.3. The molecule has 0 amide bonds. The summed E-state index contributed by atoms with van der Waals surface area (Å²) in [7, 11) is 0. The smallest absolute Gasteiger partial charge is 0.151 e. The normalized spacial score (nSPS) is 20.0. The van der Waals surface area contributed by atoms with E-state index < -0.39 is 0 Å². The minimum atomic E-state index is -0.102. The highest BCUT2D eigenvalue weighted by molar-refractivity contribution is 14.1. The molecule has 0 aromatic heterocycles. The number of hydrogen-bond donors (Lipinski definition) is 1. The Morgan fingerprint density at radius 3 is 2.57 bits per heavy atom. The average molecular weight is 391 g/mol. The zero-order chi connectivity index (χ0) is 14.5. The summed E-state index contributed by atoms with van der Waals surface area (Å²) in [5.41, 5.74) is 1.14. The van der Waals surface area contributed by atoms with Crippen LogP contribution in [0.5, 0.6) is 5.75 Å². The van der Waals surface area contributed by atoms with E-state index in [0.29, 0.717) is 0 Å². The molecule has 2 aromatic rings. The van der Waals surface area contributed by atoms with E-state index in [0.717, 1.165) is 34.6 Å². The number of morpholine rings is 1. The molecule has 1 aliphatic rings. The van der Waals surface area contributed by atoms with Gasteiger partial charge >= 0.3 is 0 Å². The predicted molar refractivity (Wildman–Crippen MR) is 91.6 cm³/mol. The Labute approximate surface area is 138 Å². The fourth-order valence-electron chi connectivity index (χ4n) is 2.46. The van der Waals surface area contributed by atoms with Gasteiger partial charge in [0.25, 0.3) is 0 Å². The van der Waals surface area contributed by atoms with Gasteiger partial charge in [-0.3, -0.25) is 0 Å². The second-order valence-electron chi connectivity index (χ2n) is 4.99. The van der Waals surface area contributed by atoms with Crippen molar-refractivity contribution in [2.75, 3.05) is 19.7 Å². The number of benzene rings is 2. The zero-order valence-electron chi connectivity index (χ0n) is 11.7. The first-order valence-corrected chi connectivity index (χ1v) is 8.21. The van der Waals surface area contributed by atoms with Gasteiger partial charge in [-0.1, -0.05) is 42.5 Å². The highest BCUT2D eigenvalue weighted by Crippen LogP contribution is 2.30. The fraction of sp³-hybridized carbons (Fsp3) is 0.294. The van der Waals surface area contributed by atoms with Crippen molar-refractivity contribution < 1.29 is 9.47 Å². The molecule has 21 heavy (non-hydrogen) atoms. The van der Waals surface area contributed by atoms with E-state index in [1.807, 2.05) is 36.4 Å². The maximum absolute atomic E-state index is 6.30. The highest BCUT2D eigenvalue weighted by Gasteiger charge is 2.28. The number of para-hydroxylation sites is 1. The number of halogens is 1. The van der Waals surface area contributed by atoms with Crippen LogP contribution in [0.1, 0.15) is 11.7 Å². The van der Waals surface area contributed by atoms with Crippen LogP contribution < -0.4 is 10.1 Å². The average Bonchev–Trinajstić information content (AvgIpc) is 2.56. The molecule has 0 bridgehead atoms. The molecule has 2 atom stereocenters. The van der Waals surface area contributed by atoms with Crippen LogP contribution in [0.2, 0.25) is 0 Å². The lowest BCUT2D eigenvalue weighted by Crippen LogP contribution is -2.43. The van der Waals surface area contributed by atoms with Crippen molar-refractivity contribution in [3.05, 3.63) is 63.7 Å². The first-order valence-electron chi connectivity index (χ1n) is 7.13. The lowest BCUT2D eigenvalue weighted by Gasteiger charge is -2.31. The monoisotopic (exact) mass is 391 g/mol. The van der Waals surface area contributed by atoms with Gasteiger partial charge in [0.2, 0.25) is 0 Å². The maximum Gasteiger partial charge on any atom is 0.151 e. The van der Waals surface area contributed by atoms with Gasteiger partial charge in [-0.15, -0.1) is 0 Å². The molecule has 110 valence electrons. The Morgan fingerprint density at radius 2 is 1.86 bits per heavy atom. The molecular weight excluding hydrogens is 373 g/mol. The van der Waals surface area contributed by atoms with Gasteiger partial charge in [-0.25, -0.2) is 0 Å².